The fraction of sp³-hybridized carbons (Fsp3) is 0.346. The van der Waals surface area contributed by atoms with Gasteiger partial charge >= 0.3 is 6.18 Å². The molecule has 4 heterocycles. The van der Waals surface area contributed by atoms with E-state index in [-0.39, 0.29) is 36.2 Å². The van der Waals surface area contributed by atoms with Crippen LogP contribution < -0.4 is 21.3 Å². The number of anilines is 2. The quantitative estimate of drug-likeness (QED) is 0.166. The number of imidazole rings is 1. The average molecular weight is 572 g/mol. The number of benzene rings is 1. The van der Waals surface area contributed by atoms with E-state index in [4.69, 9.17) is 0 Å². The Morgan fingerprint density at radius 1 is 1.17 bits per heavy atom. The van der Waals surface area contributed by atoms with Crippen molar-refractivity contribution in [2.75, 3.05) is 25.0 Å². The van der Waals surface area contributed by atoms with Gasteiger partial charge in [0, 0.05) is 43.3 Å². The Hall–Kier alpha value is -4.50. The molecule has 15 heteroatoms. The second-order valence-electron chi connectivity index (χ2n) is 9.52. The van der Waals surface area contributed by atoms with Crippen molar-refractivity contribution in [1.82, 2.24) is 40.5 Å². The highest BCUT2D eigenvalue weighted by atomic mass is 19.4. The van der Waals surface area contributed by atoms with Crippen LogP contribution in [0.5, 0.6) is 0 Å². The number of aryl methyl sites for hydroxylation is 1. The zero-order chi connectivity index (χ0) is 29.1. The van der Waals surface area contributed by atoms with Crippen LogP contribution in [0.3, 0.4) is 0 Å². The van der Waals surface area contributed by atoms with Crippen molar-refractivity contribution >= 4 is 29.0 Å². The first-order valence-electron chi connectivity index (χ1n) is 13.0. The van der Waals surface area contributed by atoms with Crippen LogP contribution in [0, 0.1) is 0 Å². The van der Waals surface area contributed by atoms with Gasteiger partial charge in [-0.3, -0.25) is 19.1 Å². The maximum Gasteiger partial charge on any atom is 0.433 e. The minimum absolute atomic E-state index is 0.139. The Bertz CT molecular complexity index is 1570. The molecule has 2 unspecified atom stereocenters. The number of hydrogen-bond acceptors (Lipinski definition) is 8. The zero-order valence-electron chi connectivity index (χ0n) is 21.9. The first kappa shape index (κ1) is 28.0. The molecule has 4 aromatic rings. The van der Waals surface area contributed by atoms with Crippen LogP contribution >= 0.6 is 0 Å². The second kappa shape index (κ2) is 11.5. The van der Waals surface area contributed by atoms with Gasteiger partial charge in [0.15, 0.2) is 11.5 Å². The summed E-state index contributed by atoms with van der Waals surface area (Å²) in [7, 11) is 0. The number of halogens is 3. The molecule has 2 atom stereocenters. The Balaban J connectivity index is 1.26. The van der Waals surface area contributed by atoms with Crippen molar-refractivity contribution in [3.05, 3.63) is 59.8 Å². The maximum atomic E-state index is 13.4. The van der Waals surface area contributed by atoms with E-state index in [2.05, 4.69) is 36.3 Å². The monoisotopic (exact) mass is 571 g/mol. The number of aromatic nitrogens is 5. The summed E-state index contributed by atoms with van der Waals surface area (Å²) in [4.78, 5) is 33.5. The van der Waals surface area contributed by atoms with Gasteiger partial charge in [-0.05, 0) is 36.6 Å². The Kier molecular flexibility index (Phi) is 7.90. The van der Waals surface area contributed by atoms with E-state index in [1.807, 2.05) is 12.0 Å². The minimum Gasteiger partial charge on any atom is -0.392 e. The van der Waals surface area contributed by atoms with Crippen LogP contribution in [-0.2, 0) is 17.4 Å². The van der Waals surface area contributed by atoms with Crippen LogP contribution in [0.15, 0.2) is 43.0 Å². The van der Waals surface area contributed by atoms with Crippen molar-refractivity contribution in [1.29, 1.82) is 0 Å². The molecule has 2 amide bonds. The van der Waals surface area contributed by atoms with E-state index in [1.165, 1.54) is 23.0 Å². The number of alkyl halides is 3. The van der Waals surface area contributed by atoms with Gasteiger partial charge in [0.05, 0.1) is 35.8 Å². The Morgan fingerprint density at radius 3 is 2.71 bits per heavy atom. The van der Waals surface area contributed by atoms with Crippen molar-refractivity contribution in [2.24, 2.45) is 0 Å². The van der Waals surface area contributed by atoms with Crippen LogP contribution in [-0.4, -0.2) is 73.3 Å². The summed E-state index contributed by atoms with van der Waals surface area (Å²) in [6.07, 6.45) is 1.14. The summed E-state index contributed by atoms with van der Waals surface area (Å²) in [5, 5.41) is 26.7. The molecule has 12 nitrogen and oxygen atoms in total. The van der Waals surface area contributed by atoms with E-state index in [1.54, 1.807) is 18.2 Å². The van der Waals surface area contributed by atoms with E-state index in [0.29, 0.717) is 42.1 Å². The number of aliphatic hydroxyl groups is 1. The zero-order valence-corrected chi connectivity index (χ0v) is 21.9. The first-order valence-corrected chi connectivity index (χ1v) is 13.0. The number of fused-ring (bicyclic) bond motifs is 1. The molecule has 0 saturated carbocycles. The first-order chi connectivity index (χ1) is 19.7. The smallest absolute Gasteiger partial charge is 0.392 e. The van der Waals surface area contributed by atoms with Gasteiger partial charge < -0.3 is 26.4 Å². The molecule has 1 aromatic carbocycles. The number of hydrogen-bond donors (Lipinski definition) is 6. The third kappa shape index (κ3) is 6.00. The fourth-order valence-electron chi connectivity index (χ4n) is 4.72. The van der Waals surface area contributed by atoms with Gasteiger partial charge in [0.1, 0.15) is 5.69 Å². The van der Waals surface area contributed by atoms with Crippen LogP contribution in [0.25, 0.3) is 16.9 Å². The minimum atomic E-state index is -4.61. The van der Waals surface area contributed by atoms with Gasteiger partial charge in [-0.15, -0.1) is 0 Å². The highest BCUT2D eigenvalue weighted by molar-refractivity contribution is 5.96. The SMILES string of the molecule is CCc1cc(Nc2nccn3c(-c4cn[nH]c4C(F)(F)F)cnc23)ccc1C(=O)NCCNC(=O)C1CC(O)CN1. The number of H-pyrrole nitrogens is 1. The third-order valence-electron chi connectivity index (χ3n) is 6.75. The summed E-state index contributed by atoms with van der Waals surface area (Å²) < 4.78 is 41.7. The maximum absolute atomic E-state index is 13.4. The van der Waals surface area contributed by atoms with Crippen molar-refractivity contribution < 1.29 is 27.9 Å². The van der Waals surface area contributed by atoms with E-state index in [0.717, 1.165) is 11.8 Å². The molecule has 0 bridgehead atoms. The standard InChI is InChI=1S/C26H28F3N9O3/c1-2-14-9-15(3-4-17(14)24(40)31-5-6-32-25(41)19-10-16(39)11-33-19)36-22-23-34-13-20(38(23)8-7-30-22)18-12-35-37-21(18)26(27,28)29/h3-4,7-9,12-13,16,19,33,39H,2,5-6,10-11H2,1H3,(H,30,36)(H,31,40)(H,32,41)(H,35,37). The van der Waals surface area contributed by atoms with Crippen LogP contribution in [0.4, 0.5) is 24.7 Å². The summed E-state index contributed by atoms with van der Waals surface area (Å²) >= 11 is 0. The lowest BCUT2D eigenvalue weighted by molar-refractivity contribution is -0.140. The highest BCUT2D eigenvalue weighted by Gasteiger charge is 2.36. The molecule has 41 heavy (non-hydrogen) atoms. The fourth-order valence-corrected chi connectivity index (χ4v) is 4.72. The normalized spacial score (nSPS) is 17.1. The number of β-amino-alcohol motifs (C(OH)–C–C–N with tert-alkyl or cyclic N) is 1. The van der Waals surface area contributed by atoms with Crippen molar-refractivity contribution in [3.8, 4) is 11.3 Å². The number of amides is 2. The van der Waals surface area contributed by atoms with Crippen molar-refractivity contribution in [3.63, 3.8) is 0 Å². The third-order valence-corrected chi connectivity index (χ3v) is 6.75. The lowest BCUT2D eigenvalue weighted by Gasteiger charge is -2.14. The number of nitrogens with zero attached hydrogens (tertiary/aromatic N) is 4. The second-order valence-corrected chi connectivity index (χ2v) is 9.52. The summed E-state index contributed by atoms with van der Waals surface area (Å²) in [6, 6.07) is 4.71. The molecule has 0 radical (unpaired) electrons. The number of aromatic amines is 1. The predicted molar refractivity (Wildman–Crippen MR) is 142 cm³/mol. The molecule has 6 N–H and O–H groups in total. The number of rotatable bonds is 9. The number of aliphatic hydroxyl groups excluding tert-OH is 1. The highest BCUT2D eigenvalue weighted by Crippen LogP contribution is 2.36. The van der Waals surface area contributed by atoms with E-state index < -0.39 is 24.0 Å². The van der Waals surface area contributed by atoms with Gasteiger partial charge in [-0.2, -0.15) is 18.3 Å². The lowest BCUT2D eigenvalue weighted by Crippen LogP contribution is -2.43. The average Bonchev–Trinajstić information content (AvgIpc) is 3.70. The number of nitrogens with one attached hydrogen (secondary N) is 5. The summed E-state index contributed by atoms with van der Waals surface area (Å²) in [5.41, 5.74) is 1.23. The van der Waals surface area contributed by atoms with Gasteiger partial charge in [0.25, 0.3) is 5.91 Å². The van der Waals surface area contributed by atoms with Gasteiger partial charge in [-0.1, -0.05) is 6.92 Å². The summed E-state index contributed by atoms with van der Waals surface area (Å²) in [5.74, 6) is -0.204. The predicted octanol–water partition coefficient (Wildman–Crippen LogP) is 2.01. The molecular formula is C26H28F3N9O3. The van der Waals surface area contributed by atoms with Gasteiger partial charge in [0.2, 0.25) is 5.91 Å². The molecule has 1 aliphatic heterocycles. The van der Waals surface area contributed by atoms with Gasteiger partial charge in [-0.25, -0.2) is 9.97 Å². The molecule has 3 aromatic heterocycles. The molecular weight excluding hydrogens is 543 g/mol. The molecule has 5 rings (SSSR count). The summed E-state index contributed by atoms with van der Waals surface area (Å²) in [6.45, 7) is 2.75. The molecule has 1 fully saturated rings. The Morgan fingerprint density at radius 2 is 1.98 bits per heavy atom. The van der Waals surface area contributed by atoms with Crippen LogP contribution in [0.2, 0.25) is 0 Å². The van der Waals surface area contributed by atoms with Crippen LogP contribution in [0.1, 0.15) is 35.0 Å². The number of carbonyl (C=O) groups is 2. The number of carbonyl (C=O) groups excluding carboxylic acids is 2. The molecule has 1 saturated heterocycles. The van der Waals surface area contributed by atoms with E-state index in [9.17, 15) is 27.9 Å². The van der Waals surface area contributed by atoms with E-state index >= 15 is 0 Å². The topological polar surface area (TPSA) is 161 Å². The lowest BCUT2D eigenvalue weighted by atomic mass is 10.0. The largest absolute Gasteiger partial charge is 0.433 e. The Labute approximate surface area is 231 Å². The molecule has 216 valence electrons. The molecule has 0 aliphatic carbocycles. The molecule has 0 spiro atoms. The van der Waals surface area contributed by atoms with Crippen molar-refractivity contribution in [2.45, 2.75) is 38.1 Å². The molecule has 1 aliphatic rings.